The third kappa shape index (κ3) is 5.28. The van der Waals surface area contributed by atoms with E-state index in [1.807, 2.05) is 24.3 Å². The van der Waals surface area contributed by atoms with Crippen molar-refractivity contribution in [3.8, 4) is 11.3 Å². The average molecular weight is 381 g/mol. The van der Waals surface area contributed by atoms with E-state index in [9.17, 15) is 4.79 Å². The Hall–Kier alpha value is -2.92. The number of amides is 1. The molecule has 27 heavy (non-hydrogen) atoms. The summed E-state index contributed by atoms with van der Waals surface area (Å²) in [6.45, 7) is 4.39. The first-order chi connectivity index (χ1) is 13.0. The maximum absolute atomic E-state index is 12.2. The van der Waals surface area contributed by atoms with E-state index in [4.69, 9.17) is 11.6 Å². The number of nitrogens with one attached hydrogen (secondary N) is 2. The number of halogens is 1. The zero-order valence-electron chi connectivity index (χ0n) is 15.2. The molecule has 2 aromatic carbocycles. The Bertz CT molecular complexity index is 928. The predicted octanol–water partition coefficient (Wildman–Crippen LogP) is 4.69. The first-order valence-electron chi connectivity index (χ1n) is 8.75. The number of H-pyrrole nitrogens is 1. The van der Waals surface area contributed by atoms with Gasteiger partial charge < -0.3 is 0 Å². The van der Waals surface area contributed by atoms with Crippen molar-refractivity contribution in [2.24, 2.45) is 11.0 Å². The lowest BCUT2D eigenvalue weighted by Gasteiger charge is -2.05. The van der Waals surface area contributed by atoms with Crippen LogP contribution < -0.4 is 5.43 Å². The van der Waals surface area contributed by atoms with Crippen molar-refractivity contribution in [3.63, 3.8) is 0 Å². The Morgan fingerprint density at radius 3 is 2.56 bits per heavy atom. The van der Waals surface area contributed by atoms with Gasteiger partial charge in [-0.1, -0.05) is 61.8 Å². The molecule has 0 aliphatic carbocycles. The van der Waals surface area contributed by atoms with Crippen molar-refractivity contribution in [1.82, 2.24) is 15.6 Å². The number of hydrazone groups is 1. The maximum atomic E-state index is 12.2. The van der Waals surface area contributed by atoms with Crippen LogP contribution in [0.3, 0.4) is 0 Å². The van der Waals surface area contributed by atoms with Crippen molar-refractivity contribution in [2.75, 3.05) is 0 Å². The van der Waals surface area contributed by atoms with Crippen molar-refractivity contribution >= 4 is 23.7 Å². The van der Waals surface area contributed by atoms with E-state index < -0.39 is 0 Å². The summed E-state index contributed by atoms with van der Waals surface area (Å²) in [5.74, 6) is 0.264. The predicted molar refractivity (Wildman–Crippen MR) is 109 cm³/mol. The monoisotopic (exact) mass is 380 g/mol. The van der Waals surface area contributed by atoms with E-state index in [1.54, 1.807) is 24.4 Å². The Morgan fingerprint density at radius 2 is 1.89 bits per heavy atom. The summed E-state index contributed by atoms with van der Waals surface area (Å²) in [6, 6.07) is 17.1. The van der Waals surface area contributed by atoms with Gasteiger partial charge in [0.05, 0.1) is 11.9 Å². The van der Waals surface area contributed by atoms with Gasteiger partial charge in [-0.25, -0.2) is 5.43 Å². The summed E-state index contributed by atoms with van der Waals surface area (Å²) in [4.78, 5) is 12.2. The molecule has 0 bridgehead atoms. The molecule has 0 fully saturated rings. The van der Waals surface area contributed by atoms with Crippen LogP contribution >= 0.6 is 11.6 Å². The van der Waals surface area contributed by atoms with Crippen molar-refractivity contribution in [2.45, 2.75) is 20.3 Å². The highest BCUT2D eigenvalue weighted by Gasteiger charge is 2.10. The molecule has 1 aromatic heterocycles. The van der Waals surface area contributed by atoms with Gasteiger partial charge in [-0.05, 0) is 41.7 Å². The maximum Gasteiger partial charge on any atom is 0.289 e. The molecule has 1 heterocycles. The Labute approximate surface area is 163 Å². The molecular weight excluding hydrogens is 360 g/mol. The molecule has 0 saturated carbocycles. The molecule has 0 aliphatic heterocycles. The summed E-state index contributed by atoms with van der Waals surface area (Å²) in [7, 11) is 0. The van der Waals surface area contributed by atoms with Crippen LogP contribution in [0.2, 0.25) is 5.02 Å². The first kappa shape index (κ1) is 18.9. The van der Waals surface area contributed by atoms with Crippen LogP contribution in [-0.2, 0) is 6.42 Å². The second-order valence-corrected chi connectivity index (χ2v) is 7.15. The van der Waals surface area contributed by atoms with Crippen LogP contribution in [0.15, 0.2) is 59.7 Å². The van der Waals surface area contributed by atoms with Gasteiger partial charge in [-0.3, -0.25) is 9.89 Å². The Balaban J connectivity index is 1.62. The van der Waals surface area contributed by atoms with Crippen LogP contribution in [0.1, 0.15) is 35.5 Å². The lowest BCUT2D eigenvalue weighted by atomic mass is 10.0. The molecule has 3 aromatic rings. The average Bonchev–Trinajstić information content (AvgIpc) is 3.14. The number of hydrogen-bond acceptors (Lipinski definition) is 3. The third-order valence-electron chi connectivity index (χ3n) is 3.97. The summed E-state index contributed by atoms with van der Waals surface area (Å²) in [5.41, 5.74) is 6.65. The molecule has 6 heteroatoms. The second-order valence-electron chi connectivity index (χ2n) is 6.71. The summed E-state index contributed by atoms with van der Waals surface area (Å²) in [6.07, 6.45) is 2.60. The normalized spacial score (nSPS) is 11.3. The Morgan fingerprint density at radius 1 is 1.19 bits per heavy atom. The molecule has 0 aliphatic rings. The number of carbonyl (C=O) groups is 1. The van der Waals surface area contributed by atoms with Crippen molar-refractivity contribution < 1.29 is 4.79 Å². The van der Waals surface area contributed by atoms with E-state index in [0.717, 1.165) is 23.2 Å². The van der Waals surface area contributed by atoms with Gasteiger partial charge in [0.15, 0.2) is 0 Å². The van der Waals surface area contributed by atoms with E-state index in [2.05, 4.69) is 46.7 Å². The molecule has 0 atom stereocenters. The van der Waals surface area contributed by atoms with Crippen LogP contribution in [-0.4, -0.2) is 22.3 Å². The molecule has 0 saturated heterocycles. The van der Waals surface area contributed by atoms with Gasteiger partial charge in [-0.15, -0.1) is 0 Å². The number of rotatable bonds is 6. The van der Waals surface area contributed by atoms with Gasteiger partial charge in [0, 0.05) is 10.6 Å². The molecule has 0 unspecified atom stereocenters. The van der Waals surface area contributed by atoms with Crippen molar-refractivity contribution in [3.05, 3.63) is 76.4 Å². The fourth-order valence-corrected chi connectivity index (χ4v) is 2.77. The Kier molecular flexibility index (Phi) is 6.04. The summed E-state index contributed by atoms with van der Waals surface area (Å²) in [5, 5.41) is 11.6. The third-order valence-corrected chi connectivity index (χ3v) is 4.22. The topological polar surface area (TPSA) is 70.1 Å². The molecule has 3 rings (SSSR count). The minimum absolute atomic E-state index is 0.351. The number of carbonyl (C=O) groups excluding carboxylic acids is 1. The van der Waals surface area contributed by atoms with Crippen LogP contribution in [0, 0.1) is 5.92 Å². The number of benzene rings is 2. The number of nitrogens with zero attached hydrogens (tertiary/aromatic N) is 2. The minimum atomic E-state index is -0.351. The van der Waals surface area contributed by atoms with E-state index in [1.165, 1.54) is 5.56 Å². The van der Waals surface area contributed by atoms with Gasteiger partial charge in [0.2, 0.25) is 0 Å². The number of aromatic amines is 1. The van der Waals surface area contributed by atoms with Crippen molar-refractivity contribution in [1.29, 1.82) is 0 Å². The summed E-state index contributed by atoms with van der Waals surface area (Å²) < 4.78 is 0. The van der Waals surface area contributed by atoms with Crippen LogP contribution in [0.25, 0.3) is 11.3 Å². The van der Waals surface area contributed by atoms with Gasteiger partial charge in [0.25, 0.3) is 5.91 Å². The SMILES string of the molecule is CC(C)Cc1ccc(-c2cc(C(=O)NN=Cc3ccc(Cl)cc3)[nH]n2)cc1. The molecule has 0 spiro atoms. The van der Waals surface area contributed by atoms with E-state index in [-0.39, 0.29) is 5.91 Å². The summed E-state index contributed by atoms with van der Waals surface area (Å²) >= 11 is 5.83. The second kappa shape index (κ2) is 8.64. The minimum Gasteiger partial charge on any atom is -0.272 e. The largest absolute Gasteiger partial charge is 0.289 e. The van der Waals surface area contributed by atoms with Crippen LogP contribution in [0.5, 0.6) is 0 Å². The van der Waals surface area contributed by atoms with E-state index >= 15 is 0 Å². The molecule has 2 N–H and O–H groups in total. The molecule has 138 valence electrons. The standard InChI is InChI=1S/C21H21ClN4O/c1-14(2)11-15-3-7-17(8-4-15)19-12-20(25-24-19)21(27)26-23-13-16-5-9-18(22)10-6-16/h3-10,12-14H,11H2,1-2H3,(H,24,25)(H,26,27). The lowest BCUT2D eigenvalue weighted by molar-refractivity contribution is 0.0950. The highest BCUT2D eigenvalue weighted by Crippen LogP contribution is 2.19. The zero-order chi connectivity index (χ0) is 19.2. The molecular formula is C21H21ClN4O. The zero-order valence-corrected chi connectivity index (χ0v) is 16.0. The number of hydrogen-bond donors (Lipinski definition) is 2. The fourth-order valence-electron chi connectivity index (χ4n) is 2.64. The van der Waals surface area contributed by atoms with E-state index in [0.29, 0.717) is 16.6 Å². The van der Waals surface area contributed by atoms with Crippen LogP contribution in [0.4, 0.5) is 0 Å². The fraction of sp³-hybridized carbons (Fsp3) is 0.190. The molecule has 0 radical (unpaired) electrons. The molecule has 1 amide bonds. The van der Waals surface area contributed by atoms with Gasteiger partial charge in [-0.2, -0.15) is 10.2 Å². The highest BCUT2D eigenvalue weighted by molar-refractivity contribution is 6.30. The van der Waals surface area contributed by atoms with Gasteiger partial charge >= 0.3 is 0 Å². The highest BCUT2D eigenvalue weighted by atomic mass is 35.5. The smallest absolute Gasteiger partial charge is 0.272 e. The lowest BCUT2D eigenvalue weighted by Crippen LogP contribution is -2.17. The first-order valence-corrected chi connectivity index (χ1v) is 9.13. The van der Waals surface area contributed by atoms with Gasteiger partial charge in [0.1, 0.15) is 5.69 Å². The number of aromatic nitrogens is 2. The quantitative estimate of drug-likeness (QED) is 0.481. The molecule has 5 nitrogen and oxygen atoms in total.